The Morgan fingerprint density at radius 2 is 2.39 bits per heavy atom. The van der Waals surface area contributed by atoms with E-state index in [9.17, 15) is 4.79 Å². The fourth-order valence-electron chi connectivity index (χ4n) is 2.45. The maximum atomic E-state index is 12.1. The van der Waals surface area contributed by atoms with Gasteiger partial charge in [0.15, 0.2) is 0 Å². The van der Waals surface area contributed by atoms with Crippen LogP contribution in [0.15, 0.2) is 24.3 Å². The SMILES string of the molecule is CNCC1CCN(C(=O)Cc2cccc(Cl)c2)C1. The molecule has 1 N–H and O–H groups in total. The van der Waals surface area contributed by atoms with Gasteiger partial charge in [-0.1, -0.05) is 23.7 Å². The molecule has 1 saturated heterocycles. The fraction of sp³-hybridized carbons (Fsp3) is 0.500. The molecule has 2 rings (SSSR count). The summed E-state index contributed by atoms with van der Waals surface area (Å²) in [5.41, 5.74) is 0.990. The largest absolute Gasteiger partial charge is 0.342 e. The summed E-state index contributed by atoms with van der Waals surface area (Å²) in [5, 5.41) is 3.86. The Hall–Kier alpha value is -1.06. The summed E-state index contributed by atoms with van der Waals surface area (Å²) in [7, 11) is 1.95. The van der Waals surface area contributed by atoms with Gasteiger partial charge in [0.2, 0.25) is 5.91 Å². The monoisotopic (exact) mass is 266 g/mol. The van der Waals surface area contributed by atoms with Crippen LogP contribution in [-0.4, -0.2) is 37.5 Å². The molecular formula is C14H19ClN2O. The van der Waals surface area contributed by atoms with Gasteiger partial charge >= 0.3 is 0 Å². The first-order valence-corrected chi connectivity index (χ1v) is 6.73. The number of nitrogens with zero attached hydrogens (tertiary/aromatic N) is 1. The maximum Gasteiger partial charge on any atom is 0.227 e. The van der Waals surface area contributed by atoms with Crippen LogP contribution < -0.4 is 5.32 Å². The van der Waals surface area contributed by atoms with E-state index in [1.54, 1.807) is 0 Å². The zero-order valence-electron chi connectivity index (χ0n) is 10.7. The van der Waals surface area contributed by atoms with Crippen molar-refractivity contribution in [3.63, 3.8) is 0 Å². The van der Waals surface area contributed by atoms with Crippen LogP contribution in [0.5, 0.6) is 0 Å². The second-order valence-electron chi connectivity index (χ2n) is 4.86. The minimum absolute atomic E-state index is 0.205. The number of hydrogen-bond donors (Lipinski definition) is 1. The molecule has 0 aromatic heterocycles. The number of hydrogen-bond acceptors (Lipinski definition) is 2. The molecular weight excluding hydrogens is 248 g/mol. The molecule has 1 aromatic rings. The molecule has 0 aliphatic carbocycles. The average Bonchev–Trinajstić information content (AvgIpc) is 2.78. The first kappa shape index (κ1) is 13.4. The Kier molecular flexibility index (Phi) is 4.61. The third-order valence-electron chi connectivity index (χ3n) is 3.38. The van der Waals surface area contributed by atoms with Crippen molar-refractivity contribution >= 4 is 17.5 Å². The van der Waals surface area contributed by atoms with Crippen LogP contribution in [0, 0.1) is 5.92 Å². The Balaban J connectivity index is 1.89. The van der Waals surface area contributed by atoms with Crippen LogP contribution in [0.2, 0.25) is 5.02 Å². The summed E-state index contributed by atoms with van der Waals surface area (Å²) in [6.45, 7) is 2.74. The predicted molar refractivity (Wildman–Crippen MR) is 73.8 cm³/mol. The molecule has 4 heteroatoms. The van der Waals surface area contributed by atoms with Gasteiger partial charge < -0.3 is 10.2 Å². The predicted octanol–water partition coefficient (Wildman–Crippen LogP) is 1.95. The highest BCUT2D eigenvalue weighted by molar-refractivity contribution is 6.30. The van der Waals surface area contributed by atoms with Gasteiger partial charge in [-0.25, -0.2) is 0 Å². The Morgan fingerprint density at radius 1 is 1.56 bits per heavy atom. The normalized spacial score (nSPS) is 19.2. The van der Waals surface area contributed by atoms with E-state index in [1.807, 2.05) is 36.2 Å². The van der Waals surface area contributed by atoms with Gasteiger partial charge in [0, 0.05) is 18.1 Å². The molecule has 1 atom stereocenters. The van der Waals surface area contributed by atoms with Crippen molar-refractivity contribution in [1.29, 1.82) is 0 Å². The number of likely N-dealkylation sites (tertiary alicyclic amines) is 1. The molecule has 3 nitrogen and oxygen atoms in total. The van der Waals surface area contributed by atoms with E-state index in [0.717, 1.165) is 31.6 Å². The summed E-state index contributed by atoms with van der Waals surface area (Å²) in [6.07, 6.45) is 1.55. The van der Waals surface area contributed by atoms with E-state index in [2.05, 4.69) is 5.32 Å². The first-order valence-electron chi connectivity index (χ1n) is 6.36. The molecule has 18 heavy (non-hydrogen) atoms. The van der Waals surface area contributed by atoms with Crippen molar-refractivity contribution in [3.05, 3.63) is 34.9 Å². The third-order valence-corrected chi connectivity index (χ3v) is 3.61. The number of nitrogens with one attached hydrogen (secondary N) is 1. The summed E-state index contributed by atoms with van der Waals surface area (Å²) in [5.74, 6) is 0.800. The Morgan fingerprint density at radius 3 is 3.11 bits per heavy atom. The lowest BCUT2D eigenvalue weighted by Crippen LogP contribution is -2.31. The van der Waals surface area contributed by atoms with Crippen LogP contribution in [0.4, 0.5) is 0 Å². The van der Waals surface area contributed by atoms with E-state index in [0.29, 0.717) is 17.4 Å². The summed E-state index contributed by atoms with van der Waals surface area (Å²) >= 11 is 5.92. The van der Waals surface area contributed by atoms with Crippen molar-refractivity contribution in [1.82, 2.24) is 10.2 Å². The molecule has 0 radical (unpaired) electrons. The molecule has 0 spiro atoms. The van der Waals surface area contributed by atoms with Crippen LogP contribution in [0.3, 0.4) is 0 Å². The molecule has 1 unspecified atom stereocenters. The maximum absolute atomic E-state index is 12.1. The molecule has 1 aliphatic rings. The van der Waals surface area contributed by atoms with Crippen molar-refractivity contribution in [3.8, 4) is 0 Å². The molecule has 0 bridgehead atoms. The van der Waals surface area contributed by atoms with Gasteiger partial charge in [0.25, 0.3) is 0 Å². The average molecular weight is 267 g/mol. The number of benzene rings is 1. The summed E-state index contributed by atoms with van der Waals surface area (Å²) in [4.78, 5) is 14.1. The van der Waals surface area contributed by atoms with Gasteiger partial charge in [0.05, 0.1) is 6.42 Å². The van der Waals surface area contributed by atoms with Crippen LogP contribution >= 0.6 is 11.6 Å². The second-order valence-corrected chi connectivity index (χ2v) is 5.30. The molecule has 1 amide bonds. The highest BCUT2D eigenvalue weighted by Crippen LogP contribution is 2.17. The number of amides is 1. The molecule has 1 aliphatic heterocycles. The fourth-order valence-corrected chi connectivity index (χ4v) is 2.66. The third kappa shape index (κ3) is 3.47. The lowest BCUT2D eigenvalue weighted by atomic mass is 10.1. The minimum Gasteiger partial charge on any atom is -0.342 e. The zero-order valence-corrected chi connectivity index (χ0v) is 11.4. The Labute approximate surface area is 113 Å². The lowest BCUT2D eigenvalue weighted by Gasteiger charge is -2.16. The van der Waals surface area contributed by atoms with Gasteiger partial charge in [-0.2, -0.15) is 0 Å². The highest BCUT2D eigenvalue weighted by atomic mass is 35.5. The quantitative estimate of drug-likeness (QED) is 0.904. The van der Waals surface area contributed by atoms with E-state index in [4.69, 9.17) is 11.6 Å². The number of carbonyl (C=O) groups is 1. The first-order chi connectivity index (χ1) is 8.69. The van der Waals surface area contributed by atoms with Gasteiger partial charge in [-0.3, -0.25) is 4.79 Å². The highest BCUT2D eigenvalue weighted by Gasteiger charge is 2.25. The van der Waals surface area contributed by atoms with Crippen LogP contribution in [0.1, 0.15) is 12.0 Å². The lowest BCUT2D eigenvalue weighted by molar-refractivity contribution is -0.129. The number of halogens is 1. The number of rotatable bonds is 4. The van der Waals surface area contributed by atoms with E-state index >= 15 is 0 Å². The zero-order chi connectivity index (χ0) is 13.0. The molecule has 0 saturated carbocycles. The van der Waals surface area contributed by atoms with Crippen LogP contribution in [-0.2, 0) is 11.2 Å². The summed E-state index contributed by atoms with van der Waals surface area (Å²) in [6, 6.07) is 7.53. The van der Waals surface area contributed by atoms with Crippen molar-refractivity contribution in [2.75, 3.05) is 26.7 Å². The van der Waals surface area contributed by atoms with E-state index < -0.39 is 0 Å². The number of carbonyl (C=O) groups excluding carboxylic acids is 1. The molecule has 1 fully saturated rings. The Bertz CT molecular complexity index is 422. The van der Waals surface area contributed by atoms with E-state index in [-0.39, 0.29) is 5.91 Å². The van der Waals surface area contributed by atoms with Gasteiger partial charge in [-0.15, -0.1) is 0 Å². The van der Waals surface area contributed by atoms with E-state index in [1.165, 1.54) is 0 Å². The topological polar surface area (TPSA) is 32.3 Å². The second kappa shape index (κ2) is 6.21. The standard InChI is InChI=1S/C14H19ClN2O/c1-16-9-12-5-6-17(10-12)14(18)8-11-3-2-4-13(15)7-11/h2-4,7,12,16H,5-6,8-10H2,1H3. The smallest absolute Gasteiger partial charge is 0.227 e. The van der Waals surface area contributed by atoms with Gasteiger partial charge in [-0.05, 0) is 43.6 Å². The van der Waals surface area contributed by atoms with Crippen LogP contribution in [0.25, 0.3) is 0 Å². The minimum atomic E-state index is 0.205. The molecule has 1 heterocycles. The molecule has 98 valence electrons. The van der Waals surface area contributed by atoms with Crippen molar-refractivity contribution in [2.45, 2.75) is 12.8 Å². The molecule has 1 aromatic carbocycles. The van der Waals surface area contributed by atoms with Crippen molar-refractivity contribution in [2.24, 2.45) is 5.92 Å². The van der Waals surface area contributed by atoms with Gasteiger partial charge in [0.1, 0.15) is 0 Å². The van der Waals surface area contributed by atoms with Crippen molar-refractivity contribution < 1.29 is 4.79 Å². The summed E-state index contributed by atoms with van der Waals surface area (Å²) < 4.78 is 0.